The highest BCUT2D eigenvalue weighted by Gasteiger charge is 2.25. The minimum Gasteiger partial charge on any atom is -0.320 e. The van der Waals surface area contributed by atoms with E-state index in [1.165, 1.54) is 7.05 Å². The third-order valence-electron chi connectivity index (χ3n) is 2.08. The molecular formula is C8H19F2N3O2S. The van der Waals surface area contributed by atoms with Crippen molar-refractivity contribution in [1.82, 2.24) is 13.9 Å². The Morgan fingerprint density at radius 3 is 2.25 bits per heavy atom. The van der Waals surface area contributed by atoms with Crippen molar-refractivity contribution in [2.45, 2.75) is 12.8 Å². The van der Waals surface area contributed by atoms with Crippen LogP contribution in [0.25, 0.3) is 0 Å². The summed E-state index contributed by atoms with van der Waals surface area (Å²) < 4.78 is 49.2. The van der Waals surface area contributed by atoms with Gasteiger partial charge < -0.3 is 5.32 Å². The zero-order valence-electron chi connectivity index (χ0n) is 9.78. The minimum absolute atomic E-state index is 0.302. The second-order valence-corrected chi connectivity index (χ2v) is 5.60. The van der Waals surface area contributed by atoms with Gasteiger partial charge in [0.2, 0.25) is 0 Å². The van der Waals surface area contributed by atoms with Crippen molar-refractivity contribution in [2.75, 3.05) is 40.8 Å². The summed E-state index contributed by atoms with van der Waals surface area (Å²) in [7, 11) is 0.536. The van der Waals surface area contributed by atoms with E-state index in [-0.39, 0.29) is 0 Å². The molecule has 0 saturated carbocycles. The van der Waals surface area contributed by atoms with Gasteiger partial charge in [-0.15, -0.1) is 0 Å². The lowest BCUT2D eigenvalue weighted by Crippen LogP contribution is -2.42. The molecule has 8 heteroatoms. The summed E-state index contributed by atoms with van der Waals surface area (Å²) in [6.07, 6.45) is -2.03. The molecule has 0 spiro atoms. The number of hydrogen-bond acceptors (Lipinski definition) is 3. The molecular weight excluding hydrogens is 240 g/mol. The van der Waals surface area contributed by atoms with E-state index in [1.807, 2.05) is 0 Å². The van der Waals surface area contributed by atoms with Gasteiger partial charge in [-0.25, -0.2) is 8.78 Å². The lowest BCUT2D eigenvalue weighted by atomic mass is 10.4. The molecule has 0 aromatic rings. The van der Waals surface area contributed by atoms with Crippen LogP contribution >= 0.6 is 0 Å². The fourth-order valence-corrected chi connectivity index (χ4v) is 2.26. The average Bonchev–Trinajstić information content (AvgIpc) is 2.16. The van der Waals surface area contributed by atoms with E-state index in [4.69, 9.17) is 0 Å². The molecule has 1 N–H and O–H groups in total. The van der Waals surface area contributed by atoms with E-state index in [2.05, 4.69) is 5.32 Å². The van der Waals surface area contributed by atoms with Crippen LogP contribution in [0.15, 0.2) is 0 Å². The highest BCUT2D eigenvalue weighted by molar-refractivity contribution is 7.86. The van der Waals surface area contributed by atoms with Gasteiger partial charge >= 0.3 is 0 Å². The van der Waals surface area contributed by atoms with E-state index >= 15 is 0 Å². The fourth-order valence-electron chi connectivity index (χ4n) is 1.12. The van der Waals surface area contributed by atoms with Gasteiger partial charge in [-0.05, 0) is 20.0 Å². The third kappa shape index (κ3) is 5.15. The van der Waals surface area contributed by atoms with E-state index in [1.54, 1.807) is 7.05 Å². The number of hydrogen-bond donors (Lipinski definition) is 1. The minimum atomic E-state index is -3.76. The molecule has 0 aliphatic rings. The van der Waals surface area contributed by atoms with Gasteiger partial charge in [0.1, 0.15) is 0 Å². The van der Waals surface area contributed by atoms with Crippen LogP contribution in [-0.2, 0) is 10.2 Å². The van der Waals surface area contributed by atoms with Crippen LogP contribution in [0.3, 0.4) is 0 Å². The first kappa shape index (κ1) is 15.7. The van der Waals surface area contributed by atoms with Crippen molar-refractivity contribution < 1.29 is 17.2 Å². The molecule has 0 rings (SSSR count). The first-order valence-electron chi connectivity index (χ1n) is 4.92. The van der Waals surface area contributed by atoms with E-state index in [9.17, 15) is 17.2 Å². The molecule has 0 bridgehead atoms. The lowest BCUT2D eigenvalue weighted by Gasteiger charge is -2.23. The molecule has 0 heterocycles. The van der Waals surface area contributed by atoms with Crippen molar-refractivity contribution in [2.24, 2.45) is 0 Å². The van der Waals surface area contributed by atoms with E-state index in [0.29, 0.717) is 23.8 Å². The summed E-state index contributed by atoms with van der Waals surface area (Å²) in [5, 5.41) is 2.88. The smallest absolute Gasteiger partial charge is 0.281 e. The van der Waals surface area contributed by atoms with Crippen LogP contribution in [0.5, 0.6) is 0 Å². The number of nitrogens with zero attached hydrogens (tertiary/aromatic N) is 2. The van der Waals surface area contributed by atoms with Gasteiger partial charge in [0.25, 0.3) is 16.6 Å². The standard InChI is InChI=1S/C8H19F2N3O2S/c1-11-5-4-6-12(2)16(14,15)13(3)7-8(9)10/h8,11H,4-7H2,1-3H3. The molecule has 0 aliphatic heterocycles. The van der Waals surface area contributed by atoms with Crippen LogP contribution in [-0.4, -0.2) is 64.2 Å². The maximum atomic E-state index is 12.1. The summed E-state index contributed by atoms with van der Waals surface area (Å²) in [6, 6.07) is 0. The second-order valence-electron chi connectivity index (χ2n) is 3.46. The fraction of sp³-hybridized carbons (Fsp3) is 1.00. The maximum absolute atomic E-state index is 12.1. The van der Waals surface area contributed by atoms with Crippen LogP contribution in [0.2, 0.25) is 0 Å². The quantitative estimate of drug-likeness (QED) is 0.623. The summed E-state index contributed by atoms with van der Waals surface area (Å²) in [5.74, 6) is 0. The Bertz CT molecular complexity index is 285. The Labute approximate surface area is 95.6 Å². The Morgan fingerprint density at radius 1 is 1.25 bits per heavy atom. The maximum Gasteiger partial charge on any atom is 0.281 e. The molecule has 0 atom stereocenters. The number of nitrogens with one attached hydrogen (secondary N) is 1. The Hall–Kier alpha value is -0.310. The topological polar surface area (TPSA) is 52.7 Å². The average molecular weight is 259 g/mol. The first-order valence-corrected chi connectivity index (χ1v) is 6.32. The van der Waals surface area contributed by atoms with Crippen molar-refractivity contribution in [1.29, 1.82) is 0 Å². The normalized spacial score (nSPS) is 13.0. The molecule has 0 radical (unpaired) electrons. The van der Waals surface area contributed by atoms with Crippen LogP contribution in [0.4, 0.5) is 8.78 Å². The highest BCUT2D eigenvalue weighted by atomic mass is 32.2. The molecule has 5 nitrogen and oxygen atoms in total. The molecule has 0 amide bonds. The van der Waals surface area contributed by atoms with Gasteiger partial charge in [0, 0.05) is 20.6 Å². The molecule has 98 valence electrons. The summed E-state index contributed by atoms with van der Waals surface area (Å²) >= 11 is 0. The van der Waals surface area contributed by atoms with Crippen LogP contribution in [0.1, 0.15) is 6.42 Å². The number of alkyl halides is 2. The predicted octanol–water partition coefficient (Wildman–Crippen LogP) is -0.0306. The number of rotatable bonds is 8. The summed E-state index contributed by atoms with van der Waals surface area (Å²) in [6.45, 7) is 0.202. The molecule has 16 heavy (non-hydrogen) atoms. The molecule has 0 fully saturated rings. The molecule has 0 unspecified atom stereocenters. The van der Waals surface area contributed by atoms with Gasteiger partial charge in [0.05, 0.1) is 6.54 Å². The van der Waals surface area contributed by atoms with Crippen molar-refractivity contribution in [3.8, 4) is 0 Å². The van der Waals surface area contributed by atoms with Crippen LogP contribution < -0.4 is 5.32 Å². The third-order valence-corrected chi connectivity index (χ3v) is 3.99. The Morgan fingerprint density at radius 2 is 1.81 bits per heavy atom. The molecule has 0 aliphatic carbocycles. The van der Waals surface area contributed by atoms with E-state index < -0.39 is 23.2 Å². The zero-order valence-corrected chi connectivity index (χ0v) is 10.6. The second kappa shape index (κ2) is 7.10. The predicted molar refractivity (Wildman–Crippen MR) is 58.7 cm³/mol. The largest absolute Gasteiger partial charge is 0.320 e. The van der Waals surface area contributed by atoms with Gasteiger partial charge in [0.15, 0.2) is 0 Å². The first-order chi connectivity index (χ1) is 7.32. The van der Waals surface area contributed by atoms with E-state index in [0.717, 1.165) is 11.4 Å². The SMILES string of the molecule is CNCCCN(C)S(=O)(=O)N(C)CC(F)F. The van der Waals surface area contributed by atoms with Gasteiger partial charge in [-0.2, -0.15) is 17.0 Å². The molecule has 0 aromatic carbocycles. The Kier molecular flexibility index (Phi) is 6.96. The van der Waals surface area contributed by atoms with Crippen molar-refractivity contribution in [3.63, 3.8) is 0 Å². The zero-order chi connectivity index (χ0) is 12.8. The molecule has 0 aromatic heterocycles. The monoisotopic (exact) mass is 259 g/mol. The summed E-state index contributed by atoms with van der Waals surface area (Å²) in [4.78, 5) is 0. The lowest BCUT2D eigenvalue weighted by molar-refractivity contribution is 0.124. The van der Waals surface area contributed by atoms with Crippen molar-refractivity contribution in [3.05, 3.63) is 0 Å². The van der Waals surface area contributed by atoms with Gasteiger partial charge in [-0.1, -0.05) is 0 Å². The summed E-state index contributed by atoms with van der Waals surface area (Å²) in [5.41, 5.74) is 0. The van der Waals surface area contributed by atoms with Crippen LogP contribution in [0, 0.1) is 0 Å². The Balaban J connectivity index is 4.29. The molecule has 0 saturated heterocycles. The highest BCUT2D eigenvalue weighted by Crippen LogP contribution is 2.07. The van der Waals surface area contributed by atoms with Gasteiger partial charge in [-0.3, -0.25) is 0 Å². The number of halogens is 2. The van der Waals surface area contributed by atoms with Crippen molar-refractivity contribution >= 4 is 10.2 Å².